The second-order valence-electron chi connectivity index (χ2n) is 4.96. The van der Waals surface area contributed by atoms with Gasteiger partial charge >= 0.3 is 0 Å². The summed E-state index contributed by atoms with van der Waals surface area (Å²) in [6.45, 7) is 5.84. The normalized spacial score (nSPS) is 10.8. The molecule has 20 heavy (non-hydrogen) atoms. The highest BCUT2D eigenvalue weighted by molar-refractivity contribution is 6.30. The van der Waals surface area contributed by atoms with Crippen molar-refractivity contribution in [1.29, 1.82) is 0 Å². The largest absolute Gasteiger partial charge is 0.313 e. The van der Waals surface area contributed by atoms with Gasteiger partial charge in [-0.15, -0.1) is 0 Å². The quantitative estimate of drug-likeness (QED) is 0.768. The minimum atomic E-state index is -0.278. The Bertz CT molecular complexity index is 596. The highest BCUT2D eigenvalue weighted by Crippen LogP contribution is 2.29. The van der Waals surface area contributed by atoms with Crippen LogP contribution in [0, 0.1) is 12.7 Å². The Hall–Kier alpha value is -1.38. The van der Waals surface area contributed by atoms with Crippen LogP contribution in [0.15, 0.2) is 36.4 Å². The van der Waals surface area contributed by atoms with Crippen LogP contribution in [0.25, 0.3) is 11.1 Å². The van der Waals surface area contributed by atoms with E-state index in [4.69, 9.17) is 11.6 Å². The fraction of sp³-hybridized carbons (Fsp3) is 0.294. The van der Waals surface area contributed by atoms with E-state index in [-0.39, 0.29) is 5.82 Å². The number of nitrogens with one attached hydrogen (secondary N) is 1. The topological polar surface area (TPSA) is 12.0 Å². The van der Waals surface area contributed by atoms with Crippen LogP contribution in [-0.2, 0) is 6.54 Å². The smallest absolute Gasteiger partial charge is 0.132 e. The van der Waals surface area contributed by atoms with Crippen LogP contribution in [0.5, 0.6) is 0 Å². The van der Waals surface area contributed by atoms with Gasteiger partial charge < -0.3 is 5.32 Å². The third-order valence-electron chi connectivity index (χ3n) is 3.23. The molecule has 0 saturated heterocycles. The Morgan fingerprint density at radius 1 is 1.10 bits per heavy atom. The lowest BCUT2D eigenvalue weighted by Crippen LogP contribution is -2.14. The molecular weight excluding hydrogens is 273 g/mol. The van der Waals surface area contributed by atoms with Crippen LogP contribution in [0.3, 0.4) is 0 Å². The van der Waals surface area contributed by atoms with Gasteiger partial charge in [-0.3, -0.25) is 0 Å². The van der Waals surface area contributed by atoms with Gasteiger partial charge in [0.1, 0.15) is 5.82 Å². The molecule has 0 radical (unpaired) electrons. The van der Waals surface area contributed by atoms with E-state index in [1.54, 1.807) is 12.1 Å². The van der Waals surface area contributed by atoms with Gasteiger partial charge in [0.05, 0.1) is 0 Å². The molecule has 1 N–H and O–H groups in total. The van der Waals surface area contributed by atoms with Crippen molar-refractivity contribution in [3.05, 3.63) is 58.4 Å². The summed E-state index contributed by atoms with van der Waals surface area (Å²) < 4.78 is 14.1. The summed E-state index contributed by atoms with van der Waals surface area (Å²) in [7, 11) is 0. The summed E-state index contributed by atoms with van der Waals surface area (Å²) >= 11 is 5.83. The van der Waals surface area contributed by atoms with E-state index in [1.807, 2.05) is 13.0 Å². The first-order chi connectivity index (χ1) is 9.61. The van der Waals surface area contributed by atoms with E-state index in [1.165, 1.54) is 6.07 Å². The summed E-state index contributed by atoms with van der Waals surface area (Å²) in [6, 6.07) is 11.0. The van der Waals surface area contributed by atoms with Crippen molar-refractivity contribution in [2.24, 2.45) is 0 Å². The monoisotopic (exact) mass is 291 g/mol. The van der Waals surface area contributed by atoms with E-state index in [9.17, 15) is 4.39 Å². The molecule has 2 aromatic carbocycles. The predicted molar refractivity (Wildman–Crippen MR) is 83.6 cm³/mol. The van der Waals surface area contributed by atoms with Crippen LogP contribution >= 0.6 is 11.6 Å². The molecular formula is C17H19ClFN. The lowest BCUT2D eigenvalue weighted by molar-refractivity contribution is 0.630. The molecule has 2 rings (SSSR count). The van der Waals surface area contributed by atoms with E-state index < -0.39 is 0 Å². The maximum atomic E-state index is 14.1. The number of rotatable bonds is 5. The first-order valence-corrected chi connectivity index (χ1v) is 7.25. The molecule has 0 aliphatic heterocycles. The molecule has 0 saturated carbocycles. The highest BCUT2D eigenvalue weighted by atomic mass is 35.5. The molecule has 0 amide bonds. The summed E-state index contributed by atoms with van der Waals surface area (Å²) in [5, 5.41) is 3.78. The zero-order valence-corrected chi connectivity index (χ0v) is 12.6. The molecule has 0 unspecified atom stereocenters. The molecule has 0 fully saturated rings. The Kier molecular flexibility index (Phi) is 5.16. The Morgan fingerprint density at radius 2 is 1.90 bits per heavy atom. The lowest BCUT2D eigenvalue weighted by atomic mass is 9.97. The van der Waals surface area contributed by atoms with Crippen molar-refractivity contribution in [2.45, 2.75) is 26.8 Å². The minimum Gasteiger partial charge on any atom is -0.313 e. The molecule has 0 aromatic heterocycles. The number of halogens is 2. The Morgan fingerprint density at radius 3 is 2.60 bits per heavy atom. The molecule has 2 aromatic rings. The first kappa shape index (κ1) is 15.0. The van der Waals surface area contributed by atoms with E-state index in [0.29, 0.717) is 10.6 Å². The molecule has 0 aliphatic carbocycles. The summed E-state index contributed by atoms with van der Waals surface area (Å²) in [5.41, 5.74) is 3.76. The van der Waals surface area contributed by atoms with Gasteiger partial charge in [0.25, 0.3) is 0 Å². The molecule has 106 valence electrons. The second-order valence-corrected chi connectivity index (χ2v) is 5.40. The minimum absolute atomic E-state index is 0.278. The maximum absolute atomic E-state index is 14.1. The van der Waals surface area contributed by atoms with Crippen molar-refractivity contribution in [3.63, 3.8) is 0 Å². The van der Waals surface area contributed by atoms with Crippen LogP contribution in [0.1, 0.15) is 24.5 Å². The number of hydrogen-bond donors (Lipinski definition) is 1. The van der Waals surface area contributed by atoms with E-state index >= 15 is 0 Å². The van der Waals surface area contributed by atoms with Crippen molar-refractivity contribution in [1.82, 2.24) is 5.32 Å². The molecule has 1 nitrogen and oxygen atoms in total. The van der Waals surface area contributed by atoms with Crippen molar-refractivity contribution < 1.29 is 4.39 Å². The third kappa shape index (κ3) is 3.59. The molecule has 0 aliphatic rings. The molecule has 0 atom stereocenters. The molecule has 0 heterocycles. The van der Waals surface area contributed by atoms with Gasteiger partial charge in [-0.1, -0.05) is 42.3 Å². The lowest BCUT2D eigenvalue weighted by Gasteiger charge is -2.13. The number of benzene rings is 2. The first-order valence-electron chi connectivity index (χ1n) is 6.87. The summed E-state index contributed by atoms with van der Waals surface area (Å²) in [4.78, 5) is 0. The fourth-order valence-corrected chi connectivity index (χ4v) is 2.36. The van der Waals surface area contributed by atoms with Crippen LogP contribution in [0.4, 0.5) is 4.39 Å². The maximum Gasteiger partial charge on any atom is 0.132 e. The fourth-order valence-electron chi connectivity index (χ4n) is 2.20. The zero-order chi connectivity index (χ0) is 14.5. The highest BCUT2D eigenvalue weighted by Gasteiger charge is 2.10. The van der Waals surface area contributed by atoms with E-state index in [0.717, 1.165) is 36.2 Å². The van der Waals surface area contributed by atoms with Gasteiger partial charge in [-0.05, 0) is 49.2 Å². The number of aryl methyl sites for hydroxylation is 1. The Labute approximate surface area is 124 Å². The van der Waals surface area contributed by atoms with Gasteiger partial charge in [0.2, 0.25) is 0 Å². The second kappa shape index (κ2) is 6.87. The van der Waals surface area contributed by atoms with E-state index in [2.05, 4.69) is 24.4 Å². The van der Waals surface area contributed by atoms with Crippen LogP contribution in [0.2, 0.25) is 5.02 Å². The molecule has 0 bridgehead atoms. The van der Waals surface area contributed by atoms with Crippen molar-refractivity contribution >= 4 is 11.6 Å². The number of hydrogen-bond acceptors (Lipinski definition) is 1. The van der Waals surface area contributed by atoms with Gasteiger partial charge in [0, 0.05) is 17.1 Å². The average Bonchev–Trinajstić information content (AvgIpc) is 2.41. The van der Waals surface area contributed by atoms with Gasteiger partial charge in [-0.2, -0.15) is 0 Å². The van der Waals surface area contributed by atoms with Crippen molar-refractivity contribution in [3.8, 4) is 11.1 Å². The third-order valence-corrected chi connectivity index (χ3v) is 3.46. The SMILES string of the molecule is CCCNCc1ccc(C)cc1-c1ccc(Cl)cc1F. The standard InChI is InChI=1S/C17H19ClFN/c1-3-8-20-11-13-5-4-12(2)9-16(13)15-7-6-14(18)10-17(15)19/h4-7,9-10,20H,3,8,11H2,1-2H3. The molecule has 3 heteroatoms. The van der Waals surface area contributed by atoms with Crippen molar-refractivity contribution in [2.75, 3.05) is 6.54 Å². The molecule has 0 spiro atoms. The van der Waals surface area contributed by atoms with Crippen LogP contribution in [-0.4, -0.2) is 6.54 Å². The Balaban J connectivity index is 2.40. The zero-order valence-electron chi connectivity index (χ0n) is 11.8. The predicted octanol–water partition coefficient (Wildman–Crippen LogP) is 4.95. The van der Waals surface area contributed by atoms with Gasteiger partial charge in [0.15, 0.2) is 0 Å². The summed E-state index contributed by atoms with van der Waals surface area (Å²) in [5.74, 6) is -0.278. The van der Waals surface area contributed by atoms with Gasteiger partial charge in [-0.25, -0.2) is 4.39 Å². The summed E-state index contributed by atoms with van der Waals surface area (Å²) in [6.07, 6.45) is 1.08. The average molecular weight is 292 g/mol. The van der Waals surface area contributed by atoms with Crippen LogP contribution < -0.4 is 5.32 Å².